The fourth-order valence-electron chi connectivity index (χ4n) is 2.13. The lowest BCUT2D eigenvalue weighted by Crippen LogP contribution is -2.21. The summed E-state index contributed by atoms with van der Waals surface area (Å²) in [4.78, 5) is 2.90. The summed E-state index contributed by atoms with van der Waals surface area (Å²) in [6.07, 6.45) is 2.92. The molecule has 1 atom stereocenters. The van der Waals surface area contributed by atoms with E-state index in [1.807, 2.05) is 11.3 Å². The van der Waals surface area contributed by atoms with Gasteiger partial charge in [0, 0.05) is 16.3 Å². The number of hydrogen-bond donors (Lipinski definition) is 1. The van der Waals surface area contributed by atoms with Gasteiger partial charge in [-0.3, -0.25) is 0 Å². The molecule has 1 saturated carbocycles. The molecule has 1 heterocycles. The van der Waals surface area contributed by atoms with Crippen molar-refractivity contribution >= 4 is 11.3 Å². The molecule has 0 aliphatic heterocycles. The maximum absolute atomic E-state index is 3.58. The second-order valence-electron chi connectivity index (χ2n) is 4.88. The minimum atomic E-state index is 0.866. The van der Waals surface area contributed by atoms with E-state index in [2.05, 4.69) is 32.2 Å². The Morgan fingerprint density at radius 1 is 1.47 bits per heavy atom. The van der Waals surface area contributed by atoms with E-state index in [0.717, 1.165) is 18.4 Å². The van der Waals surface area contributed by atoms with E-state index in [4.69, 9.17) is 0 Å². The number of aryl methyl sites for hydroxylation is 2. The van der Waals surface area contributed by atoms with Gasteiger partial charge in [-0.25, -0.2) is 0 Å². The zero-order valence-electron chi connectivity index (χ0n) is 9.97. The summed E-state index contributed by atoms with van der Waals surface area (Å²) in [5.41, 5.74) is 1.49. The first-order valence-electron chi connectivity index (χ1n) is 5.93. The molecule has 1 aromatic rings. The van der Waals surface area contributed by atoms with Crippen molar-refractivity contribution in [2.75, 3.05) is 6.54 Å². The molecule has 15 heavy (non-hydrogen) atoms. The molecule has 0 amide bonds. The Balaban J connectivity index is 1.75. The highest BCUT2D eigenvalue weighted by Gasteiger charge is 2.27. The van der Waals surface area contributed by atoms with Crippen LogP contribution in [0.5, 0.6) is 0 Å². The fourth-order valence-corrected chi connectivity index (χ4v) is 3.07. The van der Waals surface area contributed by atoms with Gasteiger partial charge in [-0.05, 0) is 56.7 Å². The molecule has 2 heteroatoms. The van der Waals surface area contributed by atoms with E-state index in [1.165, 1.54) is 34.7 Å². The summed E-state index contributed by atoms with van der Waals surface area (Å²) < 4.78 is 0. The topological polar surface area (TPSA) is 12.0 Å². The maximum atomic E-state index is 3.58. The molecule has 1 unspecified atom stereocenters. The third kappa shape index (κ3) is 3.05. The van der Waals surface area contributed by atoms with Gasteiger partial charge in [-0.15, -0.1) is 11.3 Å². The molecule has 0 bridgehead atoms. The van der Waals surface area contributed by atoms with Gasteiger partial charge in [0.15, 0.2) is 0 Å². The number of hydrogen-bond acceptors (Lipinski definition) is 2. The van der Waals surface area contributed by atoms with E-state index in [0.29, 0.717) is 0 Å². The molecule has 1 nitrogen and oxygen atoms in total. The lowest BCUT2D eigenvalue weighted by atomic mass is 10.1. The van der Waals surface area contributed by atoms with Gasteiger partial charge in [0.25, 0.3) is 0 Å². The molecule has 0 spiro atoms. The SMILES string of the molecule is Cc1cc(CNCC(C)C2CC2)c(C)s1. The van der Waals surface area contributed by atoms with Crippen LogP contribution in [0.25, 0.3) is 0 Å². The Labute approximate surface area is 96.9 Å². The highest BCUT2D eigenvalue weighted by molar-refractivity contribution is 7.12. The van der Waals surface area contributed by atoms with Crippen molar-refractivity contribution in [1.82, 2.24) is 5.32 Å². The molecule has 0 radical (unpaired) electrons. The second kappa shape index (κ2) is 4.67. The second-order valence-corrected chi connectivity index (χ2v) is 6.34. The van der Waals surface area contributed by atoms with Crippen LogP contribution in [0.1, 0.15) is 35.1 Å². The molecule has 0 aromatic carbocycles. The van der Waals surface area contributed by atoms with Crippen molar-refractivity contribution in [2.45, 2.75) is 40.2 Å². The van der Waals surface area contributed by atoms with Crippen LogP contribution in [-0.2, 0) is 6.54 Å². The molecule has 2 rings (SSSR count). The van der Waals surface area contributed by atoms with Gasteiger partial charge in [0.1, 0.15) is 0 Å². The van der Waals surface area contributed by atoms with Crippen molar-refractivity contribution in [3.8, 4) is 0 Å². The van der Waals surface area contributed by atoms with Crippen LogP contribution in [0.2, 0.25) is 0 Å². The monoisotopic (exact) mass is 223 g/mol. The Morgan fingerprint density at radius 3 is 2.73 bits per heavy atom. The summed E-state index contributed by atoms with van der Waals surface area (Å²) in [5, 5.41) is 3.58. The van der Waals surface area contributed by atoms with E-state index < -0.39 is 0 Å². The van der Waals surface area contributed by atoms with Gasteiger partial charge >= 0.3 is 0 Å². The zero-order chi connectivity index (χ0) is 10.8. The predicted octanol–water partition coefficient (Wildman–Crippen LogP) is 3.50. The van der Waals surface area contributed by atoms with Crippen LogP contribution < -0.4 is 5.32 Å². The normalized spacial score (nSPS) is 18.1. The highest BCUT2D eigenvalue weighted by Crippen LogP contribution is 2.36. The predicted molar refractivity (Wildman–Crippen MR) is 67.4 cm³/mol. The number of rotatable bonds is 5. The van der Waals surface area contributed by atoms with Gasteiger partial charge in [0.05, 0.1) is 0 Å². The Morgan fingerprint density at radius 2 is 2.20 bits per heavy atom. The standard InChI is InChI=1S/C13H21NS/c1-9(12-4-5-12)7-14-8-13-6-10(2)15-11(13)3/h6,9,12,14H,4-5,7-8H2,1-3H3. The Hall–Kier alpha value is -0.340. The lowest BCUT2D eigenvalue weighted by molar-refractivity contribution is 0.461. The van der Waals surface area contributed by atoms with Gasteiger partial charge in [0.2, 0.25) is 0 Å². The molecule has 84 valence electrons. The first-order chi connectivity index (χ1) is 7.16. The minimum Gasteiger partial charge on any atom is -0.312 e. The van der Waals surface area contributed by atoms with Gasteiger partial charge < -0.3 is 5.32 Å². The van der Waals surface area contributed by atoms with Crippen molar-refractivity contribution in [2.24, 2.45) is 11.8 Å². The summed E-state index contributed by atoms with van der Waals surface area (Å²) in [7, 11) is 0. The third-order valence-electron chi connectivity index (χ3n) is 3.35. The Bertz CT molecular complexity index is 325. The van der Waals surface area contributed by atoms with E-state index >= 15 is 0 Å². The average molecular weight is 223 g/mol. The molecule has 1 aliphatic carbocycles. The van der Waals surface area contributed by atoms with Crippen LogP contribution in [0.15, 0.2) is 6.07 Å². The van der Waals surface area contributed by atoms with Crippen LogP contribution >= 0.6 is 11.3 Å². The lowest BCUT2D eigenvalue weighted by Gasteiger charge is -2.10. The van der Waals surface area contributed by atoms with Crippen LogP contribution in [-0.4, -0.2) is 6.54 Å². The molecule has 1 fully saturated rings. The van der Waals surface area contributed by atoms with Crippen molar-refractivity contribution < 1.29 is 0 Å². The molecular weight excluding hydrogens is 202 g/mol. The van der Waals surface area contributed by atoms with Crippen LogP contribution in [0, 0.1) is 25.7 Å². The van der Waals surface area contributed by atoms with E-state index in [1.54, 1.807) is 0 Å². The van der Waals surface area contributed by atoms with E-state index in [9.17, 15) is 0 Å². The fraction of sp³-hybridized carbons (Fsp3) is 0.692. The third-order valence-corrected chi connectivity index (χ3v) is 4.36. The summed E-state index contributed by atoms with van der Waals surface area (Å²) in [6, 6.07) is 2.31. The van der Waals surface area contributed by atoms with Gasteiger partial charge in [-0.1, -0.05) is 6.92 Å². The van der Waals surface area contributed by atoms with Crippen molar-refractivity contribution in [3.05, 3.63) is 21.4 Å². The summed E-state index contributed by atoms with van der Waals surface area (Å²) in [6.45, 7) is 9.01. The number of nitrogens with one attached hydrogen (secondary N) is 1. The molecular formula is C13H21NS. The first kappa shape index (κ1) is 11.2. The smallest absolute Gasteiger partial charge is 0.0216 e. The molecule has 1 N–H and O–H groups in total. The summed E-state index contributed by atoms with van der Waals surface area (Å²) >= 11 is 1.91. The van der Waals surface area contributed by atoms with Crippen LogP contribution in [0.4, 0.5) is 0 Å². The zero-order valence-corrected chi connectivity index (χ0v) is 10.8. The quantitative estimate of drug-likeness (QED) is 0.805. The molecule has 0 saturated heterocycles. The molecule has 1 aliphatic rings. The van der Waals surface area contributed by atoms with Crippen LogP contribution in [0.3, 0.4) is 0 Å². The minimum absolute atomic E-state index is 0.866. The number of thiophene rings is 1. The Kier molecular flexibility index (Phi) is 3.47. The average Bonchev–Trinajstić information content (AvgIpc) is 2.94. The molecule has 1 aromatic heterocycles. The highest BCUT2D eigenvalue weighted by atomic mass is 32.1. The van der Waals surface area contributed by atoms with Crippen molar-refractivity contribution in [3.63, 3.8) is 0 Å². The maximum Gasteiger partial charge on any atom is 0.0216 e. The summed E-state index contributed by atoms with van der Waals surface area (Å²) in [5.74, 6) is 1.88. The van der Waals surface area contributed by atoms with Crippen molar-refractivity contribution in [1.29, 1.82) is 0 Å². The first-order valence-corrected chi connectivity index (χ1v) is 6.75. The van der Waals surface area contributed by atoms with E-state index in [-0.39, 0.29) is 0 Å². The van der Waals surface area contributed by atoms with Gasteiger partial charge in [-0.2, -0.15) is 0 Å². The largest absolute Gasteiger partial charge is 0.312 e.